The molecule has 20 heavy (non-hydrogen) atoms. The standard InChI is InChI=1S/C15H20ClNO2S/c16-11-13-5-1-2-9-15(13)20(18,19)17-10-4-7-12-6-3-8-14(12)17/h1-2,5,9,12,14H,3-4,6-8,10-11H2. The van der Waals surface area contributed by atoms with Gasteiger partial charge in [-0.25, -0.2) is 8.42 Å². The van der Waals surface area contributed by atoms with Crippen molar-refractivity contribution in [1.29, 1.82) is 0 Å². The summed E-state index contributed by atoms with van der Waals surface area (Å²) in [6, 6.07) is 7.31. The minimum Gasteiger partial charge on any atom is -0.207 e. The highest BCUT2D eigenvalue weighted by Gasteiger charge is 2.41. The van der Waals surface area contributed by atoms with Gasteiger partial charge in [0.1, 0.15) is 0 Å². The van der Waals surface area contributed by atoms with Crippen molar-refractivity contribution in [2.75, 3.05) is 6.54 Å². The van der Waals surface area contributed by atoms with Gasteiger partial charge in [0.05, 0.1) is 4.90 Å². The lowest BCUT2D eigenvalue weighted by Crippen LogP contribution is -2.46. The monoisotopic (exact) mass is 313 g/mol. The Labute approximate surface area is 126 Å². The summed E-state index contributed by atoms with van der Waals surface area (Å²) in [6.45, 7) is 0.653. The third kappa shape index (κ3) is 2.38. The quantitative estimate of drug-likeness (QED) is 0.802. The molecule has 1 aliphatic heterocycles. The lowest BCUT2D eigenvalue weighted by molar-refractivity contribution is 0.202. The fourth-order valence-electron chi connectivity index (χ4n) is 3.70. The van der Waals surface area contributed by atoms with Gasteiger partial charge in [-0.3, -0.25) is 0 Å². The van der Waals surface area contributed by atoms with Crippen molar-refractivity contribution in [2.24, 2.45) is 5.92 Å². The molecule has 2 atom stereocenters. The Morgan fingerprint density at radius 3 is 2.70 bits per heavy atom. The van der Waals surface area contributed by atoms with Gasteiger partial charge in [0.15, 0.2) is 0 Å². The van der Waals surface area contributed by atoms with Gasteiger partial charge in [-0.1, -0.05) is 24.6 Å². The minimum absolute atomic E-state index is 0.206. The summed E-state index contributed by atoms with van der Waals surface area (Å²) < 4.78 is 27.7. The first-order chi connectivity index (χ1) is 9.64. The number of piperidine rings is 1. The number of halogens is 1. The fraction of sp³-hybridized carbons (Fsp3) is 0.600. The summed E-state index contributed by atoms with van der Waals surface area (Å²) in [5.41, 5.74) is 0.703. The molecule has 2 fully saturated rings. The van der Waals surface area contributed by atoms with Crippen LogP contribution in [0.3, 0.4) is 0 Å². The van der Waals surface area contributed by atoms with Crippen LogP contribution in [0.15, 0.2) is 29.2 Å². The molecular weight excluding hydrogens is 294 g/mol. The third-order valence-corrected chi connectivity index (χ3v) is 6.96. The first kappa shape index (κ1) is 14.4. The van der Waals surface area contributed by atoms with Gasteiger partial charge >= 0.3 is 0 Å². The SMILES string of the molecule is O=S(=O)(c1ccccc1CCl)N1CCCC2CCCC21. The van der Waals surface area contributed by atoms with E-state index in [0.29, 0.717) is 22.9 Å². The third-order valence-electron chi connectivity index (χ3n) is 4.65. The van der Waals surface area contributed by atoms with Gasteiger partial charge in [-0.2, -0.15) is 4.31 Å². The molecule has 2 unspecified atom stereocenters. The van der Waals surface area contributed by atoms with Crippen LogP contribution >= 0.6 is 11.6 Å². The molecule has 1 saturated heterocycles. The summed E-state index contributed by atoms with van der Waals surface area (Å²) in [6.07, 6.45) is 5.48. The Hall–Kier alpha value is -0.580. The molecule has 3 nitrogen and oxygen atoms in total. The normalized spacial score (nSPS) is 27.4. The van der Waals surface area contributed by atoms with Crippen LogP contribution in [0.4, 0.5) is 0 Å². The molecule has 5 heteroatoms. The zero-order chi connectivity index (χ0) is 14.2. The van der Waals surface area contributed by atoms with E-state index >= 15 is 0 Å². The van der Waals surface area contributed by atoms with Crippen molar-refractivity contribution in [2.45, 2.75) is 48.9 Å². The van der Waals surface area contributed by atoms with Crippen LogP contribution in [-0.2, 0) is 15.9 Å². The van der Waals surface area contributed by atoms with E-state index in [9.17, 15) is 8.42 Å². The molecule has 0 radical (unpaired) electrons. The van der Waals surface area contributed by atoms with Crippen LogP contribution in [0.25, 0.3) is 0 Å². The van der Waals surface area contributed by atoms with Crippen LogP contribution in [0.5, 0.6) is 0 Å². The van der Waals surface area contributed by atoms with E-state index in [4.69, 9.17) is 11.6 Å². The van der Waals surface area contributed by atoms with Crippen molar-refractivity contribution in [3.63, 3.8) is 0 Å². The van der Waals surface area contributed by atoms with Crippen LogP contribution in [0.2, 0.25) is 0 Å². The Kier molecular flexibility index (Phi) is 4.07. The van der Waals surface area contributed by atoms with Gasteiger partial charge in [0, 0.05) is 18.5 Å². The average molecular weight is 314 g/mol. The maximum atomic E-state index is 13.0. The predicted octanol–water partition coefficient (Wildman–Crippen LogP) is 3.38. The summed E-state index contributed by atoms with van der Waals surface area (Å²) in [5, 5.41) is 0. The molecule has 3 rings (SSSR count). The van der Waals surface area contributed by atoms with Crippen LogP contribution in [-0.4, -0.2) is 25.3 Å². The summed E-state index contributed by atoms with van der Waals surface area (Å²) >= 11 is 5.91. The van der Waals surface area contributed by atoms with Crippen LogP contribution in [0.1, 0.15) is 37.7 Å². The Bertz CT molecular complexity index is 587. The van der Waals surface area contributed by atoms with Crippen molar-refractivity contribution >= 4 is 21.6 Å². The molecule has 0 aromatic heterocycles. The van der Waals surface area contributed by atoms with Gasteiger partial charge < -0.3 is 0 Å². The zero-order valence-electron chi connectivity index (χ0n) is 11.5. The molecule has 0 spiro atoms. The Morgan fingerprint density at radius 1 is 1.15 bits per heavy atom. The molecule has 1 heterocycles. The number of alkyl halides is 1. The lowest BCUT2D eigenvalue weighted by Gasteiger charge is -2.37. The van der Waals surface area contributed by atoms with E-state index in [-0.39, 0.29) is 11.9 Å². The molecular formula is C15H20ClNO2S. The summed E-state index contributed by atoms with van der Waals surface area (Å²) in [5.74, 6) is 0.791. The van der Waals surface area contributed by atoms with E-state index in [1.54, 1.807) is 22.5 Å². The smallest absolute Gasteiger partial charge is 0.207 e. The van der Waals surface area contributed by atoms with Crippen LogP contribution in [0, 0.1) is 5.92 Å². The number of hydrogen-bond acceptors (Lipinski definition) is 2. The Balaban J connectivity index is 1.98. The highest BCUT2D eigenvalue weighted by atomic mass is 35.5. The minimum atomic E-state index is -3.41. The van der Waals surface area contributed by atoms with Crippen molar-refractivity contribution in [1.82, 2.24) is 4.31 Å². The maximum Gasteiger partial charge on any atom is 0.243 e. The topological polar surface area (TPSA) is 37.4 Å². The first-order valence-electron chi connectivity index (χ1n) is 7.30. The van der Waals surface area contributed by atoms with E-state index < -0.39 is 10.0 Å². The van der Waals surface area contributed by atoms with Crippen LogP contribution < -0.4 is 0 Å². The maximum absolute atomic E-state index is 13.0. The second-order valence-corrected chi connectivity index (χ2v) is 7.88. The number of benzene rings is 1. The first-order valence-corrected chi connectivity index (χ1v) is 9.28. The lowest BCUT2D eigenvalue weighted by atomic mass is 9.94. The highest BCUT2D eigenvalue weighted by Crippen LogP contribution is 2.39. The largest absolute Gasteiger partial charge is 0.243 e. The second kappa shape index (κ2) is 5.66. The average Bonchev–Trinajstić information content (AvgIpc) is 2.95. The molecule has 1 aliphatic carbocycles. The van der Waals surface area contributed by atoms with Gasteiger partial charge in [0.25, 0.3) is 0 Å². The molecule has 0 amide bonds. The Morgan fingerprint density at radius 2 is 1.90 bits per heavy atom. The predicted molar refractivity (Wildman–Crippen MR) is 80.3 cm³/mol. The van der Waals surface area contributed by atoms with Gasteiger partial charge in [0.2, 0.25) is 10.0 Å². The number of nitrogens with zero attached hydrogens (tertiary/aromatic N) is 1. The number of fused-ring (bicyclic) bond motifs is 1. The molecule has 1 aromatic carbocycles. The molecule has 110 valence electrons. The highest BCUT2D eigenvalue weighted by molar-refractivity contribution is 7.89. The molecule has 1 aromatic rings. The summed E-state index contributed by atoms with van der Waals surface area (Å²) in [7, 11) is -3.41. The molecule has 2 aliphatic rings. The van der Waals surface area contributed by atoms with E-state index in [0.717, 1.165) is 19.3 Å². The van der Waals surface area contributed by atoms with E-state index in [1.807, 2.05) is 6.07 Å². The number of rotatable bonds is 3. The summed E-state index contributed by atoms with van der Waals surface area (Å²) in [4.78, 5) is 0.391. The second-order valence-electron chi connectivity index (χ2n) is 5.76. The number of sulfonamides is 1. The molecule has 1 saturated carbocycles. The van der Waals surface area contributed by atoms with Crippen molar-refractivity contribution in [3.8, 4) is 0 Å². The molecule has 0 bridgehead atoms. The van der Waals surface area contributed by atoms with Crippen molar-refractivity contribution < 1.29 is 8.42 Å². The zero-order valence-corrected chi connectivity index (χ0v) is 13.0. The molecule has 0 N–H and O–H groups in total. The van der Waals surface area contributed by atoms with E-state index in [1.165, 1.54) is 12.8 Å². The van der Waals surface area contributed by atoms with Gasteiger partial charge in [-0.15, -0.1) is 11.6 Å². The fourth-order valence-corrected chi connectivity index (χ4v) is 5.99. The van der Waals surface area contributed by atoms with E-state index in [2.05, 4.69) is 0 Å². The van der Waals surface area contributed by atoms with Crippen molar-refractivity contribution in [3.05, 3.63) is 29.8 Å². The number of hydrogen-bond donors (Lipinski definition) is 0. The van der Waals surface area contributed by atoms with Gasteiger partial charge in [-0.05, 0) is 43.2 Å².